The maximum absolute atomic E-state index is 11.4. The lowest BCUT2D eigenvalue weighted by Gasteiger charge is -2.10. The van der Waals surface area contributed by atoms with Gasteiger partial charge in [0.25, 0.3) is 0 Å². The quantitative estimate of drug-likeness (QED) is 0.507. The van der Waals surface area contributed by atoms with Crippen molar-refractivity contribution in [2.75, 3.05) is 27.2 Å². The molecule has 0 aliphatic heterocycles. The van der Waals surface area contributed by atoms with Gasteiger partial charge in [-0.3, -0.25) is 10.1 Å². The van der Waals surface area contributed by atoms with Crippen LogP contribution in [0.15, 0.2) is 52.9 Å². The molecule has 2 aromatic carbocycles. The van der Waals surface area contributed by atoms with Crippen LogP contribution in [0.25, 0.3) is 22.1 Å². The number of ether oxygens (including phenoxy) is 1. The SMILES string of the molecule is CN(C)CCOc1ccc2c(-c3ccccc3)c([N+](=O)[O-])oc2c1. The number of nitro groups is 1. The Balaban J connectivity index is 2.01. The number of nitrogens with zero attached hydrogens (tertiary/aromatic N) is 2. The molecule has 0 amide bonds. The highest BCUT2D eigenvalue weighted by Crippen LogP contribution is 2.40. The highest BCUT2D eigenvalue weighted by Gasteiger charge is 2.25. The summed E-state index contributed by atoms with van der Waals surface area (Å²) in [7, 11) is 3.93. The summed E-state index contributed by atoms with van der Waals surface area (Å²) in [6.45, 7) is 1.32. The van der Waals surface area contributed by atoms with Gasteiger partial charge in [0.2, 0.25) is 0 Å². The summed E-state index contributed by atoms with van der Waals surface area (Å²) in [5.74, 6) is 0.384. The zero-order valence-corrected chi connectivity index (χ0v) is 13.6. The summed E-state index contributed by atoms with van der Waals surface area (Å²) in [5, 5.41) is 12.1. The van der Waals surface area contributed by atoms with Crippen LogP contribution < -0.4 is 4.74 Å². The molecule has 6 nitrogen and oxygen atoms in total. The van der Waals surface area contributed by atoms with Crippen LogP contribution in [0.5, 0.6) is 5.75 Å². The Morgan fingerprint density at radius 2 is 1.92 bits per heavy atom. The molecule has 0 saturated carbocycles. The lowest BCUT2D eigenvalue weighted by Crippen LogP contribution is -2.19. The summed E-state index contributed by atoms with van der Waals surface area (Å²) in [6.07, 6.45) is 0. The molecule has 3 rings (SSSR count). The van der Waals surface area contributed by atoms with E-state index in [1.54, 1.807) is 12.1 Å². The van der Waals surface area contributed by atoms with Gasteiger partial charge in [-0.05, 0) is 31.8 Å². The molecular formula is C18H18N2O4. The highest BCUT2D eigenvalue weighted by molar-refractivity contribution is 5.99. The van der Waals surface area contributed by atoms with Gasteiger partial charge in [-0.25, -0.2) is 0 Å². The van der Waals surface area contributed by atoms with Gasteiger partial charge in [0.05, 0.1) is 0 Å². The van der Waals surface area contributed by atoms with Gasteiger partial charge >= 0.3 is 5.88 Å². The second-order valence-corrected chi connectivity index (χ2v) is 5.72. The first kappa shape index (κ1) is 16.0. The molecule has 0 N–H and O–H groups in total. The Morgan fingerprint density at radius 3 is 2.58 bits per heavy atom. The van der Waals surface area contributed by atoms with Gasteiger partial charge in [0.15, 0.2) is 0 Å². The third-order valence-electron chi connectivity index (χ3n) is 3.68. The number of benzene rings is 2. The summed E-state index contributed by atoms with van der Waals surface area (Å²) < 4.78 is 11.2. The summed E-state index contributed by atoms with van der Waals surface area (Å²) in [5.41, 5.74) is 1.70. The van der Waals surface area contributed by atoms with E-state index in [0.29, 0.717) is 28.9 Å². The fraction of sp³-hybridized carbons (Fsp3) is 0.222. The van der Waals surface area contributed by atoms with Crippen LogP contribution in [0, 0.1) is 10.1 Å². The standard InChI is InChI=1S/C18H18N2O4/c1-19(2)10-11-23-14-8-9-15-16(12-14)24-18(20(21)22)17(15)13-6-4-3-5-7-13/h3-9,12H,10-11H2,1-2H3. The first-order valence-electron chi connectivity index (χ1n) is 7.60. The maximum Gasteiger partial charge on any atom is 0.442 e. The van der Waals surface area contributed by atoms with E-state index >= 15 is 0 Å². The number of fused-ring (bicyclic) bond motifs is 1. The van der Waals surface area contributed by atoms with Crippen molar-refractivity contribution in [3.05, 3.63) is 58.6 Å². The van der Waals surface area contributed by atoms with Crippen LogP contribution in [0.1, 0.15) is 0 Å². The van der Waals surface area contributed by atoms with Crippen molar-refractivity contribution in [1.29, 1.82) is 0 Å². The largest absolute Gasteiger partial charge is 0.492 e. The minimum atomic E-state index is -0.491. The van der Waals surface area contributed by atoms with Gasteiger partial charge < -0.3 is 14.1 Å². The molecular weight excluding hydrogens is 308 g/mol. The maximum atomic E-state index is 11.4. The fourth-order valence-electron chi connectivity index (χ4n) is 2.51. The topological polar surface area (TPSA) is 68.8 Å². The number of hydrogen-bond acceptors (Lipinski definition) is 5. The predicted octanol–water partition coefficient (Wildman–Crippen LogP) is 3.95. The van der Waals surface area contributed by atoms with Crippen molar-refractivity contribution in [1.82, 2.24) is 4.90 Å². The normalized spacial score (nSPS) is 11.1. The minimum Gasteiger partial charge on any atom is -0.492 e. The van der Waals surface area contributed by atoms with E-state index in [-0.39, 0.29) is 5.88 Å². The minimum absolute atomic E-state index is 0.248. The van der Waals surface area contributed by atoms with Crippen LogP contribution in [-0.2, 0) is 0 Å². The molecule has 0 saturated heterocycles. The Bertz CT molecular complexity index is 856. The molecule has 6 heteroatoms. The molecule has 0 spiro atoms. The third-order valence-corrected chi connectivity index (χ3v) is 3.68. The first-order valence-corrected chi connectivity index (χ1v) is 7.60. The Kier molecular flexibility index (Phi) is 4.48. The molecule has 1 heterocycles. The Hall–Kier alpha value is -2.86. The summed E-state index contributed by atoms with van der Waals surface area (Å²) >= 11 is 0. The monoisotopic (exact) mass is 326 g/mol. The number of rotatable bonds is 6. The van der Waals surface area contributed by atoms with Crippen molar-refractivity contribution in [2.24, 2.45) is 0 Å². The van der Waals surface area contributed by atoms with Crippen LogP contribution in [0.4, 0.5) is 5.88 Å². The van der Waals surface area contributed by atoms with Gasteiger partial charge in [-0.1, -0.05) is 30.3 Å². The van der Waals surface area contributed by atoms with E-state index in [1.807, 2.05) is 55.4 Å². The molecule has 0 radical (unpaired) electrons. The number of hydrogen-bond donors (Lipinski definition) is 0. The molecule has 1 aromatic heterocycles. The van der Waals surface area contributed by atoms with E-state index < -0.39 is 4.92 Å². The average molecular weight is 326 g/mol. The van der Waals surface area contributed by atoms with E-state index in [2.05, 4.69) is 0 Å². The Labute approximate surface area is 139 Å². The van der Waals surface area contributed by atoms with Crippen molar-refractivity contribution >= 4 is 16.9 Å². The van der Waals surface area contributed by atoms with Crippen LogP contribution in [0.3, 0.4) is 0 Å². The first-order chi connectivity index (χ1) is 11.6. The zero-order valence-electron chi connectivity index (χ0n) is 13.6. The molecule has 124 valence electrons. The van der Waals surface area contributed by atoms with Crippen molar-refractivity contribution in [2.45, 2.75) is 0 Å². The molecule has 0 aliphatic rings. The Morgan fingerprint density at radius 1 is 1.17 bits per heavy atom. The van der Waals surface area contributed by atoms with Gasteiger partial charge in [-0.15, -0.1) is 0 Å². The number of likely N-dealkylation sites (N-methyl/N-ethyl adjacent to an activating group) is 1. The smallest absolute Gasteiger partial charge is 0.442 e. The van der Waals surface area contributed by atoms with Gasteiger partial charge in [0, 0.05) is 18.0 Å². The van der Waals surface area contributed by atoms with Crippen LogP contribution >= 0.6 is 0 Å². The predicted molar refractivity (Wildman–Crippen MR) is 92.4 cm³/mol. The van der Waals surface area contributed by atoms with E-state index in [9.17, 15) is 10.1 Å². The second kappa shape index (κ2) is 6.72. The van der Waals surface area contributed by atoms with Gasteiger partial charge in [-0.2, -0.15) is 0 Å². The zero-order chi connectivity index (χ0) is 17.1. The molecule has 0 aliphatic carbocycles. The molecule has 0 unspecified atom stereocenters. The van der Waals surface area contributed by atoms with Crippen LogP contribution in [-0.4, -0.2) is 37.1 Å². The molecule has 24 heavy (non-hydrogen) atoms. The lowest BCUT2D eigenvalue weighted by atomic mass is 10.0. The van der Waals surface area contributed by atoms with Crippen molar-refractivity contribution in [3.63, 3.8) is 0 Å². The van der Waals surface area contributed by atoms with Crippen LogP contribution in [0.2, 0.25) is 0 Å². The number of furan rings is 1. The van der Waals surface area contributed by atoms with Crippen molar-refractivity contribution in [3.8, 4) is 16.9 Å². The average Bonchev–Trinajstić information content (AvgIpc) is 2.94. The molecule has 3 aromatic rings. The third kappa shape index (κ3) is 3.23. The van der Waals surface area contributed by atoms with Gasteiger partial charge in [0.1, 0.15) is 28.4 Å². The van der Waals surface area contributed by atoms with E-state index in [1.165, 1.54) is 0 Å². The fourth-order valence-corrected chi connectivity index (χ4v) is 2.51. The van der Waals surface area contributed by atoms with Crippen molar-refractivity contribution < 1.29 is 14.1 Å². The van der Waals surface area contributed by atoms with E-state index in [0.717, 1.165) is 12.1 Å². The summed E-state index contributed by atoms with van der Waals surface area (Å²) in [6, 6.07) is 14.5. The summed E-state index contributed by atoms with van der Waals surface area (Å²) in [4.78, 5) is 12.9. The lowest BCUT2D eigenvalue weighted by molar-refractivity contribution is -0.400. The van der Waals surface area contributed by atoms with E-state index in [4.69, 9.17) is 9.15 Å². The highest BCUT2D eigenvalue weighted by atomic mass is 16.6. The molecule has 0 atom stereocenters. The molecule has 0 fully saturated rings. The second-order valence-electron chi connectivity index (χ2n) is 5.72. The molecule has 0 bridgehead atoms.